The van der Waals surface area contributed by atoms with Gasteiger partial charge in [0, 0.05) is 24.3 Å². The Morgan fingerprint density at radius 1 is 1.10 bits per heavy atom. The van der Waals surface area contributed by atoms with Gasteiger partial charge in [0.15, 0.2) is 6.10 Å². The number of aromatic nitrogens is 1. The smallest absolute Gasteiger partial charge is 0.339 e. The number of ether oxygens (including phenoxy) is 2. The molecule has 8 nitrogen and oxygen atoms in total. The van der Waals surface area contributed by atoms with Crippen molar-refractivity contribution in [2.24, 2.45) is 0 Å². The summed E-state index contributed by atoms with van der Waals surface area (Å²) in [6, 6.07) is 6.51. The Labute approximate surface area is 174 Å². The first-order valence-corrected chi connectivity index (χ1v) is 9.67. The number of hydrogen-bond donors (Lipinski definition) is 1. The number of esters is 2. The molecule has 2 aromatic rings. The molecule has 2 heterocycles. The molecule has 0 aliphatic carbocycles. The van der Waals surface area contributed by atoms with E-state index in [0.717, 1.165) is 12.1 Å². The highest BCUT2D eigenvalue weighted by Crippen LogP contribution is 2.23. The summed E-state index contributed by atoms with van der Waals surface area (Å²) in [5, 5.41) is 0. The molecule has 0 spiro atoms. The van der Waals surface area contributed by atoms with Crippen molar-refractivity contribution in [2.75, 3.05) is 18.6 Å². The number of hydrogen-bond acceptors (Lipinski definition) is 6. The molecule has 0 unspecified atom stereocenters. The maximum absolute atomic E-state index is 12.8. The number of rotatable bonds is 6. The second kappa shape index (κ2) is 8.52. The number of aromatic amines is 1. The Morgan fingerprint density at radius 3 is 2.33 bits per heavy atom. The van der Waals surface area contributed by atoms with Gasteiger partial charge in [0.1, 0.15) is 0 Å². The predicted molar refractivity (Wildman–Crippen MR) is 109 cm³/mol. The van der Waals surface area contributed by atoms with Gasteiger partial charge in [-0.25, -0.2) is 9.59 Å². The molecular weight excluding hydrogens is 388 g/mol. The number of aryl methyl sites for hydroxylation is 1. The molecule has 1 atom stereocenters. The van der Waals surface area contributed by atoms with Crippen molar-refractivity contribution in [2.45, 2.75) is 39.7 Å². The minimum atomic E-state index is -1.06. The number of nitrogens with zero attached hydrogens (tertiary/aromatic N) is 1. The second-order valence-corrected chi connectivity index (χ2v) is 7.22. The van der Waals surface area contributed by atoms with Crippen molar-refractivity contribution in [3.8, 4) is 0 Å². The van der Waals surface area contributed by atoms with E-state index in [0.29, 0.717) is 29.8 Å². The topological polar surface area (TPSA) is 106 Å². The Bertz CT molecular complexity index is 1010. The van der Waals surface area contributed by atoms with Crippen molar-refractivity contribution < 1.29 is 28.7 Å². The summed E-state index contributed by atoms with van der Waals surface area (Å²) in [5.74, 6) is -1.57. The van der Waals surface area contributed by atoms with Gasteiger partial charge < -0.3 is 19.4 Å². The summed E-state index contributed by atoms with van der Waals surface area (Å²) in [4.78, 5) is 53.5. The van der Waals surface area contributed by atoms with Gasteiger partial charge in [-0.15, -0.1) is 0 Å². The molecule has 0 saturated carbocycles. The maximum Gasteiger partial charge on any atom is 0.339 e. The summed E-state index contributed by atoms with van der Waals surface area (Å²) in [6.45, 7) is 5.44. The lowest BCUT2D eigenvalue weighted by molar-refractivity contribution is -0.117. The Hall–Kier alpha value is -3.42. The largest absolute Gasteiger partial charge is 0.465 e. The number of carbonyl (C=O) groups excluding carboxylic acids is 4. The first-order valence-electron chi connectivity index (χ1n) is 9.67. The van der Waals surface area contributed by atoms with Gasteiger partial charge in [-0.2, -0.15) is 0 Å². The van der Waals surface area contributed by atoms with Crippen LogP contribution in [0.4, 0.5) is 5.69 Å². The van der Waals surface area contributed by atoms with Gasteiger partial charge >= 0.3 is 11.9 Å². The molecule has 158 valence electrons. The molecule has 1 amide bonds. The summed E-state index contributed by atoms with van der Waals surface area (Å²) in [6.07, 6.45) is 0.288. The second-order valence-electron chi connectivity index (χ2n) is 7.22. The van der Waals surface area contributed by atoms with E-state index in [1.165, 1.54) is 14.0 Å². The van der Waals surface area contributed by atoms with Crippen LogP contribution in [0.5, 0.6) is 0 Å². The molecule has 1 aromatic heterocycles. The van der Waals surface area contributed by atoms with Crippen LogP contribution in [0.25, 0.3) is 0 Å². The molecule has 1 fully saturated rings. The van der Waals surface area contributed by atoms with Crippen LogP contribution < -0.4 is 4.90 Å². The van der Waals surface area contributed by atoms with Gasteiger partial charge in [0.25, 0.3) is 0 Å². The van der Waals surface area contributed by atoms with Crippen LogP contribution in [0.15, 0.2) is 24.3 Å². The molecule has 8 heteroatoms. The van der Waals surface area contributed by atoms with Crippen LogP contribution in [0.2, 0.25) is 0 Å². The van der Waals surface area contributed by atoms with Crippen LogP contribution in [0, 0.1) is 13.8 Å². The number of benzene rings is 1. The van der Waals surface area contributed by atoms with Crippen LogP contribution in [-0.2, 0) is 14.3 Å². The highest BCUT2D eigenvalue weighted by Gasteiger charge is 2.28. The monoisotopic (exact) mass is 412 g/mol. The lowest BCUT2D eigenvalue weighted by Crippen LogP contribution is -2.26. The average molecular weight is 412 g/mol. The van der Waals surface area contributed by atoms with E-state index in [4.69, 9.17) is 9.47 Å². The Balaban J connectivity index is 1.70. The maximum atomic E-state index is 12.8. The van der Waals surface area contributed by atoms with E-state index in [9.17, 15) is 19.2 Å². The molecule has 0 radical (unpaired) electrons. The number of nitrogens with one attached hydrogen (secondary N) is 1. The Morgan fingerprint density at radius 2 is 1.77 bits per heavy atom. The molecule has 1 N–H and O–H groups in total. The zero-order valence-electron chi connectivity index (χ0n) is 17.4. The van der Waals surface area contributed by atoms with E-state index in [1.54, 1.807) is 43.0 Å². The normalized spacial score (nSPS) is 14.5. The lowest BCUT2D eigenvalue weighted by atomic mass is 10.1. The Kier molecular flexibility index (Phi) is 6.05. The summed E-state index contributed by atoms with van der Waals surface area (Å²) >= 11 is 0. The molecule has 30 heavy (non-hydrogen) atoms. The number of ketones is 1. The molecular formula is C22H24N2O6. The zero-order chi connectivity index (χ0) is 22.0. The number of H-pyrrole nitrogens is 1. The summed E-state index contributed by atoms with van der Waals surface area (Å²) < 4.78 is 10.1. The van der Waals surface area contributed by atoms with Gasteiger partial charge in [0.05, 0.1) is 23.9 Å². The highest BCUT2D eigenvalue weighted by atomic mass is 16.5. The van der Waals surface area contributed by atoms with Gasteiger partial charge in [0.2, 0.25) is 11.7 Å². The summed E-state index contributed by atoms with van der Waals surface area (Å²) in [5.41, 5.74) is 2.47. The van der Waals surface area contributed by atoms with Crippen molar-refractivity contribution in [1.29, 1.82) is 0 Å². The third-order valence-electron chi connectivity index (χ3n) is 5.21. The van der Waals surface area contributed by atoms with Crippen molar-refractivity contribution in [1.82, 2.24) is 4.98 Å². The van der Waals surface area contributed by atoms with Crippen LogP contribution >= 0.6 is 0 Å². The zero-order valence-corrected chi connectivity index (χ0v) is 17.4. The van der Waals surface area contributed by atoms with Gasteiger partial charge in [-0.05, 0) is 57.0 Å². The van der Waals surface area contributed by atoms with Gasteiger partial charge in [-0.3, -0.25) is 9.59 Å². The first kappa shape index (κ1) is 21.3. The minimum absolute atomic E-state index is 0.0625. The first-order chi connectivity index (χ1) is 14.2. The SMILES string of the molecule is COC(=O)c1c(C)[nH]c(C(=O)[C@H](C)OC(=O)c2ccc(N3CCCC3=O)cc2)c1C. The highest BCUT2D eigenvalue weighted by molar-refractivity contribution is 6.04. The molecule has 1 saturated heterocycles. The lowest BCUT2D eigenvalue weighted by Gasteiger charge is -2.16. The van der Waals surface area contributed by atoms with Crippen molar-refractivity contribution >= 4 is 29.3 Å². The molecule has 1 aliphatic rings. The molecule has 1 aromatic carbocycles. The fourth-order valence-electron chi connectivity index (χ4n) is 3.59. The van der Waals surface area contributed by atoms with Crippen molar-refractivity contribution in [3.63, 3.8) is 0 Å². The number of anilines is 1. The number of carbonyl (C=O) groups is 4. The summed E-state index contributed by atoms with van der Waals surface area (Å²) in [7, 11) is 1.27. The number of methoxy groups -OCH3 is 1. The van der Waals surface area contributed by atoms with E-state index in [1.807, 2.05) is 0 Å². The van der Waals surface area contributed by atoms with Crippen molar-refractivity contribution in [3.05, 3.63) is 52.3 Å². The molecule has 3 rings (SSSR count). The van der Waals surface area contributed by atoms with E-state index >= 15 is 0 Å². The molecule has 1 aliphatic heterocycles. The number of amides is 1. The van der Waals surface area contributed by atoms with Crippen LogP contribution in [-0.4, -0.2) is 48.4 Å². The number of Topliss-reactive ketones (excluding diaryl/α,β-unsaturated/α-hetero) is 1. The van der Waals surface area contributed by atoms with Gasteiger partial charge in [-0.1, -0.05) is 0 Å². The third-order valence-corrected chi connectivity index (χ3v) is 5.21. The van der Waals surface area contributed by atoms with E-state index in [2.05, 4.69) is 4.98 Å². The quantitative estimate of drug-likeness (QED) is 0.578. The standard InChI is InChI=1S/C22H24N2O6/c1-12-18(22(28)29-4)13(2)23-19(12)20(26)14(3)30-21(27)15-7-9-16(10-8-15)24-11-5-6-17(24)25/h7-10,14,23H,5-6,11H2,1-4H3/t14-/m0/s1. The van der Waals surface area contributed by atoms with Crippen LogP contribution in [0.3, 0.4) is 0 Å². The fourth-order valence-corrected chi connectivity index (χ4v) is 3.59. The predicted octanol–water partition coefficient (Wildman–Crippen LogP) is 2.97. The average Bonchev–Trinajstić information content (AvgIpc) is 3.29. The minimum Gasteiger partial charge on any atom is -0.465 e. The third kappa shape index (κ3) is 3.98. The molecule has 0 bridgehead atoms. The fraction of sp³-hybridized carbons (Fsp3) is 0.364. The van der Waals surface area contributed by atoms with Crippen LogP contribution in [0.1, 0.15) is 62.2 Å². The van der Waals surface area contributed by atoms with E-state index in [-0.39, 0.29) is 17.2 Å². The van der Waals surface area contributed by atoms with E-state index < -0.39 is 23.8 Å².